The molecule has 0 aromatic carbocycles. The van der Waals surface area contributed by atoms with Gasteiger partial charge >= 0.3 is 5.97 Å². The van der Waals surface area contributed by atoms with Crippen LogP contribution in [0, 0.1) is 0 Å². The fourth-order valence-electron chi connectivity index (χ4n) is 1.50. The van der Waals surface area contributed by atoms with E-state index in [0.717, 1.165) is 32.1 Å². The third kappa shape index (κ3) is 12.9. The van der Waals surface area contributed by atoms with Crippen molar-refractivity contribution in [2.45, 2.75) is 58.8 Å². The molecule has 0 amide bonds. The summed E-state index contributed by atoms with van der Waals surface area (Å²) < 4.78 is 5.13. The van der Waals surface area contributed by atoms with Gasteiger partial charge in [0.2, 0.25) is 0 Å². The second kappa shape index (κ2) is 13.0. The van der Waals surface area contributed by atoms with Crippen LogP contribution < -0.4 is 0 Å². The number of hydrogen-bond donors (Lipinski definition) is 0. The minimum atomic E-state index is -0.0449. The van der Waals surface area contributed by atoms with Crippen LogP contribution in [0.3, 0.4) is 0 Å². The molecule has 0 aliphatic heterocycles. The van der Waals surface area contributed by atoms with E-state index in [4.69, 9.17) is 4.74 Å². The second-order valence-electron chi connectivity index (χ2n) is 4.10. The molecule has 0 saturated heterocycles. The van der Waals surface area contributed by atoms with Crippen molar-refractivity contribution >= 4 is 5.97 Å². The average Bonchev–Trinajstić information content (AvgIpc) is 2.33. The number of ether oxygens (including phenoxy) is 1. The first kappa shape index (κ1) is 16.0. The summed E-state index contributed by atoms with van der Waals surface area (Å²) in [6.45, 7) is 4.59. The summed E-state index contributed by atoms with van der Waals surface area (Å²) in [5.74, 6) is -0.0449. The van der Waals surface area contributed by atoms with Crippen LogP contribution >= 0.6 is 0 Å². The third-order valence-electron chi connectivity index (χ3n) is 2.50. The molecule has 0 atom stereocenters. The van der Waals surface area contributed by atoms with Gasteiger partial charge in [-0.3, -0.25) is 4.79 Å². The first-order valence-electron chi connectivity index (χ1n) is 6.69. The SMILES string of the molecule is CC=CCCCCCC(=O)OCCC/C=C/C. The molecule has 0 aliphatic rings. The quantitative estimate of drug-likeness (QED) is 0.320. The van der Waals surface area contributed by atoms with Crippen molar-refractivity contribution in [1.29, 1.82) is 0 Å². The van der Waals surface area contributed by atoms with Crippen molar-refractivity contribution in [3.63, 3.8) is 0 Å². The molecule has 0 N–H and O–H groups in total. The molecule has 0 radical (unpaired) electrons. The Morgan fingerprint density at radius 3 is 2.24 bits per heavy atom. The summed E-state index contributed by atoms with van der Waals surface area (Å²) in [6.07, 6.45) is 15.2. The van der Waals surface area contributed by atoms with Gasteiger partial charge < -0.3 is 4.74 Å². The molecule has 0 bridgehead atoms. The third-order valence-corrected chi connectivity index (χ3v) is 2.50. The highest BCUT2D eigenvalue weighted by Gasteiger charge is 2.01. The molecule has 0 rings (SSSR count). The van der Waals surface area contributed by atoms with E-state index < -0.39 is 0 Å². The van der Waals surface area contributed by atoms with E-state index in [1.165, 1.54) is 6.42 Å². The van der Waals surface area contributed by atoms with E-state index in [1.54, 1.807) is 0 Å². The normalized spacial score (nSPS) is 11.4. The number of hydrogen-bond acceptors (Lipinski definition) is 2. The van der Waals surface area contributed by atoms with Gasteiger partial charge in [-0.25, -0.2) is 0 Å². The van der Waals surface area contributed by atoms with Gasteiger partial charge in [-0.2, -0.15) is 0 Å². The lowest BCUT2D eigenvalue weighted by atomic mass is 10.1. The maximum Gasteiger partial charge on any atom is 0.305 e. The molecule has 0 unspecified atom stereocenters. The van der Waals surface area contributed by atoms with Crippen molar-refractivity contribution < 1.29 is 9.53 Å². The highest BCUT2D eigenvalue weighted by atomic mass is 16.5. The van der Waals surface area contributed by atoms with Crippen molar-refractivity contribution in [3.05, 3.63) is 24.3 Å². The zero-order chi connectivity index (χ0) is 12.8. The van der Waals surface area contributed by atoms with Crippen molar-refractivity contribution in [1.82, 2.24) is 0 Å². The Kier molecular flexibility index (Phi) is 12.2. The number of allylic oxidation sites excluding steroid dienone is 4. The van der Waals surface area contributed by atoms with E-state index in [0.29, 0.717) is 13.0 Å². The summed E-state index contributed by atoms with van der Waals surface area (Å²) in [5, 5.41) is 0. The smallest absolute Gasteiger partial charge is 0.305 e. The van der Waals surface area contributed by atoms with E-state index in [1.807, 2.05) is 19.9 Å². The van der Waals surface area contributed by atoms with Gasteiger partial charge in [0.05, 0.1) is 6.61 Å². The van der Waals surface area contributed by atoms with Crippen LogP contribution in [0.2, 0.25) is 0 Å². The number of carbonyl (C=O) groups is 1. The number of rotatable bonds is 10. The maximum absolute atomic E-state index is 11.3. The van der Waals surface area contributed by atoms with E-state index >= 15 is 0 Å². The van der Waals surface area contributed by atoms with Crippen molar-refractivity contribution in [2.75, 3.05) is 6.61 Å². The maximum atomic E-state index is 11.3. The fourth-order valence-corrected chi connectivity index (χ4v) is 1.50. The molecular formula is C15H26O2. The predicted octanol–water partition coefficient (Wildman–Crippen LogP) is 4.41. The molecule has 0 aromatic heterocycles. The molecule has 0 aliphatic carbocycles. The monoisotopic (exact) mass is 238 g/mol. The minimum absolute atomic E-state index is 0.0449. The number of carbonyl (C=O) groups excluding carboxylic acids is 1. The van der Waals surface area contributed by atoms with Crippen LogP contribution in [-0.2, 0) is 9.53 Å². The van der Waals surface area contributed by atoms with Gasteiger partial charge in [-0.05, 0) is 46.0 Å². The predicted molar refractivity (Wildman–Crippen MR) is 72.9 cm³/mol. The topological polar surface area (TPSA) is 26.3 Å². The van der Waals surface area contributed by atoms with Gasteiger partial charge in [-0.15, -0.1) is 0 Å². The molecule has 0 fully saturated rings. The molecule has 98 valence electrons. The number of esters is 1. The Morgan fingerprint density at radius 1 is 0.941 bits per heavy atom. The van der Waals surface area contributed by atoms with Crippen LogP contribution in [0.4, 0.5) is 0 Å². The lowest BCUT2D eigenvalue weighted by molar-refractivity contribution is -0.143. The fraction of sp³-hybridized carbons (Fsp3) is 0.667. The average molecular weight is 238 g/mol. The van der Waals surface area contributed by atoms with Gasteiger partial charge in [0, 0.05) is 6.42 Å². The Morgan fingerprint density at radius 2 is 1.59 bits per heavy atom. The zero-order valence-corrected chi connectivity index (χ0v) is 11.3. The molecule has 2 nitrogen and oxygen atoms in total. The standard InChI is InChI=1S/C15H26O2/c1-3-5-7-9-10-11-13-15(16)17-14-12-8-6-4-2/h3-6H,7-14H2,1-2H3/b5-3?,6-4+. The Balaban J connectivity index is 3.23. The van der Waals surface area contributed by atoms with Crippen LogP contribution in [0.15, 0.2) is 24.3 Å². The van der Waals surface area contributed by atoms with Crippen LogP contribution in [0.1, 0.15) is 58.8 Å². The van der Waals surface area contributed by atoms with E-state index in [9.17, 15) is 4.79 Å². The van der Waals surface area contributed by atoms with Crippen molar-refractivity contribution in [3.8, 4) is 0 Å². The van der Waals surface area contributed by atoms with Gasteiger partial charge in [0.1, 0.15) is 0 Å². The Labute approximate surface area is 106 Å². The molecule has 0 spiro atoms. The molecule has 2 heteroatoms. The first-order chi connectivity index (χ1) is 8.31. The van der Waals surface area contributed by atoms with E-state index in [2.05, 4.69) is 18.2 Å². The van der Waals surface area contributed by atoms with E-state index in [-0.39, 0.29) is 5.97 Å². The molecular weight excluding hydrogens is 212 g/mol. The van der Waals surface area contributed by atoms with Gasteiger partial charge in [-0.1, -0.05) is 30.7 Å². The summed E-state index contributed by atoms with van der Waals surface area (Å²) >= 11 is 0. The first-order valence-corrected chi connectivity index (χ1v) is 6.69. The van der Waals surface area contributed by atoms with Crippen LogP contribution in [0.5, 0.6) is 0 Å². The Bertz CT molecular complexity index is 229. The van der Waals surface area contributed by atoms with Gasteiger partial charge in [0.25, 0.3) is 0 Å². The lowest BCUT2D eigenvalue weighted by Gasteiger charge is -2.03. The summed E-state index contributed by atoms with van der Waals surface area (Å²) in [6, 6.07) is 0. The highest BCUT2D eigenvalue weighted by Crippen LogP contribution is 2.05. The zero-order valence-electron chi connectivity index (χ0n) is 11.3. The highest BCUT2D eigenvalue weighted by molar-refractivity contribution is 5.69. The molecule has 0 aromatic rings. The van der Waals surface area contributed by atoms with Crippen molar-refractivity contribution in [2.24, 2.45) is 0 Å². The second-order valence-corrected chi connectivity index (χ2v) is 4.10. The lowest BCUT2D eigenvalue weighted by Crippen LogP contribution is -2.05. The molecule has 17 heavy (non-hydrogen) atoms. The van der Waals surface area contributed by atoms with Gasteiger partial charge in [0.15, 0.2) is 0 Å². The number of unbranched alkanes of at least 4 members (excludes halogenated alkanes) is 4. The molecule has 0 heterocycles. The Hall–Kier alpha value is -1.05. The minimum Gasteiger partial charge on any atom is -0.466 e. The van der Waals surface area contributed by atoms with Crippen LogP contribution in [-0.4, -0.2) is 12.6 Å². The summed E-state index contributed by atoms with van der Waals surface area (Å²) in [7, 11) is 0. The summed E-state index contributed by atoms with van der Waals surface area (Å²) in [5.41, 5.74) is 0. The molecule has 0 saturated carbocycles. The van der Waals surface area contributed by atoms with Crippen LogP contribution in [0.25, 0.3) is 0 Å². The summed E-state index contributed by atoms with van der Waals surface area (Å²) in [4.78, 5) is 11.3. The largest absolute Gasteiger partial charge is 0.466 e.